The van der Waals surface area contributed by atoms with E-state index in [2.05, 4.69) is 5.32 Å². The Kier molecular flexibility index (Phi) is 3.68. The predicted molar refractivity (Wildman–Crippen MR) is 50.2 cm³/mol. The standard InChI is InChI=1S/C10H13F2N/c1-8-7-9(12)3-4-10(8)13-6-2-5-11/h3-4,7,13H,2,5-6H2,1H3. The third-order valence-electron chi connectivity index (χ3n) is 1.81. The summed E-state index contributed by atoms with van der Waals surface area (Å²) in [7, 11) is 0. The zero-order valence-corrected chi connectivity index (χ0v) is 7.61. The van der Waals surface area contributed by atoms with Gasteiger partial charge in [0, 0.05) is 12.2 Å². The van der Waals surface area contributed by atoms with E-state index < -0.39 is 0 Å². The molecule has 0 fully saturated rings. The van der Waals surface area contributed by atoms with Gasteiger partial charge in [0.25, 0.3) is 0 Å². The van der Waals surface area contributed by atoms with Crippen molar-refractivity contribution in [3.63, 3.8) is 0 Å². The summed E-state index contributed by atoms with van der Waals surface area (Å²) in [6, 6.07) is 4.52. The first kappa shape index (κ1) is 9.96. The Hall–Kier alpha value is -1.12. The van der Waals surface area contributed by atoms with Gasteiger partial charge >= 0.3 is 0 Å². The summed E-state index contributed by atoms with van der Waals surface area (Å²) in [4.78, 5) is 0. The number of aryl methyl sites for hydroxylation is 1. The maximum Gasteiger partial charge on any atom is 0.123 e. The zero-order chi connectivity index (χ0) is 9.68. The maximum absolute atomic E-state index is 12.6. The first-order valence-corrected chi connectivity index (χ1v) is 4.30. The summed E-state index contributed by atoms with van der Waals surface area (Å²) in [6.07, 6.45) is 0.483. The van der Waals surface area contributed by atoms with Gasteiger partial charge in [-0.15, -0.1) is 0 Å². The fourth-order valence-corrected chi connectivity index (χ4v) is 1.12. The van der Waals surface area contributed by atoms with Gasteiger partial charge in [0.15, 0.2) is 0 Å². The van der Waals surface area contributed by atoms with Crippen molar-refractivity contribution in [3.8, 4) is 0 Å². The molecule has 0 atom stereocenters. The van der Waals surface area contributed by atoms with Gasteiger partial charge in [-0.3, -0.25) is 4.39 Å². The van der Waals surface area contributed by atoms with E-state index in [0.717, 1.165) is 11.3 Å². The minimum absolute atomic E-state index is 0.242. The highest BCUT2D eigenvalue weighted by molar-refractivity contribution is 5.50. The highest BCUT2D eigenvalue weighted by Crippen LogP contribution is 2.15. The number of benzene rings is 1. The molecule has 1 N–H and O–H groups in total. The van der Waals surface area contributed by atoms with Crippen molar-refractivity contribution >= 4 is 5.69 Å². The molecule has 0 saturated heterocycles. The number of nitrogens with one attached hydrogen (secondary N) is 1. The van der Waals surface area contributed by atoms with Crippen molar-refractivity contribution in [2.24, 2.45) is 0 Å². The summed E-state index contributed by atoms with van der Waals surface area (Å²) >= 11 is 0. The van der Waals surface area contributed by atoms with Gasteiger partial charge in [-0.25, -0.2) is 4.39 Å². The molecule has 72 valence electrons. The molecule has 0 aromatic heterocycles. The molecule has 13 heavy (non-hydrogen) atoms. The van der Waals surface area contributed by atoms with Crippen LogP contribution in [0.15, 0.2) is 18.2 Å². The molecule has 0 bridgehead atoms. The molecule has 0 heterocycles. The average molecular weight is 185 g/mol. The first-order chi connectivity index (χ1) is 6.24. The summed E-state index contributed by atoms with van der Waals surface area (Å²) in [5.74, 6) is -0.242. The van der Waals surface area contributed by atoms with Crippen LogP contribution in [-0.2, 0) is 0 Å². The van der Waals surface area contributed by atoms with Gasteiger partial charge in [0.2, 0.25) is 0 Å². The molecule has 0 aliphatic rings. The topological polar surface area (TPSA) is 12.0 Å². The Labute approximate surface area is 76.8 Å². The lowest BCUT2D eigenvalue weighted by Crippen LogP contribution is -2.03. The van der Waals surface area contributed by atoms with E-state index in [9.17, 15) is 8.78 Å². The number of halogens is 2. The molecule has 0 radical (unpaired) electrons. The van der Waals surface area contributed by atoms with Crippen molar-refractivity contribution in [1.29, 1.82) is 0 Å². The zero-order valence-electron chi connectivity index (χ0n) is 7.61. The minimum atomic E-state index is -0.326. The molecule has 0 aliphatic heterocycles. The summed E-state index contributed by atoms with van der Waals surface area (Å²) in [5, 5.41) is 3.03. The number of rotatable bonds is 4. The predicted octanol–water partition coefficient (Wildman–Crippen LogP) is 2.91. The van der Waals surface area contributed by atoms with Gasteiger partial charge < -0.3 is 5.32 Å². The van der Waals surface area contributed by atoms with Crippen molar-refractivity contribution < 1.29 is 8.78 Å². The van der Waals surface area contributed by atoms with Gasteiger partial charge in [-0.1, -0.05) is 0 Å². The molecule has 0 unspecified atom stereocenters. The van der Waals surface area contributed by atoms with Crippen molar-refractivity contribution in [3.05, 3.63) is 29.6 Å². The lowest BCUT2D eigenvalue weighted by Gasteiger charge is -2.07. The smallest absolute Gasteiger partial charge is 0.123 e. The Morgan fingerprint density at radius 1 is 1.38 bits per heavy atom. The average Bonchev–Trinajstić information content (AvgIpc) is 2.09. The minimum Gasteiger partial charge on any atom is -0.385 e. The van der Waals surface area contributed by atoms with E-state index in [1.807, 2.05) is 6.92 Å². The number of hydrogen-bond donors (Lipinski definition) is 1. The maximum atomic E-state index is 12.6. The molecule has 1 rings (SSSR count). The van der Waals surface area contributed by atoms with Crippen LogP contribution >= 0.6 is 0 Å². The molecule has 3 heteroatoms. The lowest BCUT2D eigenvalue weighted by atomic mass is 10.2. The summed E-state index contributed by atoms with van der Waals surface area (Å²) < 4.78 is 24.4. The van der Waals surface area contributed by atoms with E-state index in [-0.39, 0.29) is 12.5 Å². The monoisotopic (exact) mass is 185 g/mol. The van der Waals surface area contributed by atoms with Gasteiger partial charge in [-0.2, -0.15) is 0 Å². The van der Waals surface area contributed by atoms with E-state index in [1.165, 1.54) is 12.1 Å². The highest BCUT2D eigenvalue weighted by atomic mass is 19.1. The van der Waals surface area contributed by atoms with Crippen LogP contribution in [0.25, 0.3) is 0 Å². The summed E-state index contributed by atoms with van der Waals surface area (Å²) in [5.41, 5.74) is 1.72. The van der Waals surface area contributed by atoms with E-state index in [4.69, 9.17) is 0 Å². The van der Waals surface area contributed by atoms with Crippen molar-refractivity contribution in [2.45, 2.75) is 13.3 Å². The Morgan fingerprint density at radius 3 is 2.77 bits per heavy atom. The van der Waals surface area contributed by atoms with Crippen LogP contribution in [0.2, 0.25) is 0 Å². The van der Waals surface area contributed by atoms with Crippen LogP contribution in [-0.4, -0.2) is 13.2 Å². The molecule has 0 amide bonds. The van der Waals surface area contributed by atoms with Crippen LogP contribution < -0.4 is 5.32 Å². The second-order valence-electron chi connectivity index (χ2n) is 2.93. The third kappa shape index (κ3) is 3.01. The van der Waals surface area contributed by atoms with Crippen molar-refractivity contribution in [2.75, 3.05) is 18.5 Å². The lowest BCUT2D eigenvalue weighted by molar-refractivity contribution is 0.481. The van der Waals surface area contributed by atoms with Crippen LogP contribution in [0.5, 0.6) is 0 Å². The molecule has 0 spiro atoms. The van der Waals surface area contributed by atoms with E-state index >= 15 is 0 Å². The molecule has 1 aromatic rings. The van der Waals surface area contributed by atoms with Gasteiger partial charge in [0.1, 0.15) is 5.82 Å². The second kappa shape index (κ2) is 4.80. The normalized spacial score (nSPS) is 10.1. The van der Waals surface area contributed by atoms with Crippen LogP contribution in [0.3, 0.4) is 0 Å². The fraction of sp³-hybridized carbons (Fsp3) is 0.400. The fourth-order valence-electron chi connectivity index (χ4n) is 1.12. The third-order valence-corrected chi connectivity index (χ3v) is 1.81. The highest BCUT2D eigenvalue weighted by Gasteiger charge is 1.98. The van der Waals surface area contributed by atoms with Crippen LogP contribution in [0.1, 0.15) is 12.0 Å². The number of anilines is 1. The molecular formula is C10H13F2N. The Bertz CT molecular complexity index is 274. The largest absolute Gasteiger partial charge is 0.385 e. The van der Waals surface area contributed by atoms with Gasteiger partial charge in [-0.05, 0) is 37.1 Å². The second-order valence-corrected chi connectivity index (χ2v) is 2.93. The van der Waals surface area contributed by atoms with Gasteiger partial charge in [0.05, 0.1) is 6.67 Å². The first-order valence-electron chi connectivity index (χ1n) is 4.30. The number of hydrogen-bond acceptors (Lipinski definition) is 1. The van der Waals surface area contributed by atoms with E-state index in [0.29, 0.717) is 13.0 Å². The molecule has 1 nitrogen and oxygen atoms in total. The molecule has 0 saturated carbocycles. The van der Waals surface area contributed by atoms with Crippen LogP contribution in [0.4, 0.5) is 14.5 Å². The molecule has 0 aliphatic carbocycles. The SMILES string of the molecule is Cc1cc(F)ccc1NCCCF. The Morgan fingerprint density at radius 2 is 2.15 bits per heavy atom. The summed E-state index contributed by atoms with van der Waals surface area (Å²) in [6.45, 7) is 2.08. The van der Waals surface area contributed by atoms with E-state index in [1.54, 1.807) is 6.07 Å². The van der Waals surface area contributed by atoms with Crippen molar-refractivity contribution in [1.82, 2.24) is 0 Å². The Balaban J connectivity index is 2.56. The molecule has 1 aromatic carbocycles. The quantitative estimate of drug-likeness (QED) is 0.711. The van der Waals surface area contributed by atoms with Crippen LogP contribution in [0, 0.1) is 12.7 Å². The molecular weight excluding hydrogens is 172 g/mol. The number of alkyl halides is 1.